The number of hydrogen-bond acceptors (Lipinski definition) is 6. The van der Waals surface area contributed by atoms with Crippen LogP contribution in [0.5, 0.6) is 11.5 Å². The van der Waals surface area contributed by atoms with Crippen LogP contribution in [0.25, 0.3) is 10.6 Å². The first-order valence-electron chi connectivity index (χ1n) is 8.44. The molecule has 28 heavy (non-hydrogen) atoms. The minimum absolute atomic E-state index is 0.0254. The molecular formula is C20H15FN2O4S. The number of nitrogens with zero attached hydrogens (tertiary/aromatic N) is 1. The zero-order valence-electron chi connectivity index (χ0n) is 14.8. The Balaban J connectivity index is 1.50. The first-order valence-corrected chi connectivity index (χ1v) is 9.32. The van der Waals surface area contributed by atoms with Crippen LogP contribution in [-0.2, 0) is 11.2 Å². The second-order valence-electron chi connectivity index (χ2n) is 6.19. The molecule has 1 aliphatic rings. The second-order valence-corrected chi connectivity index (χ2v) is 7.04. The van der Waals surface area contributed by atoms with Gasteiger partial charge in [-0.15, -0.1) is 11.3 Å². The molecule has 2 heterocycles. The monoisotopic (exact) mass is 398 g/mol. The average Bonchev–Trinajstić information content (AvgIpc) is 3.29. The number of carbonyl (C=O) groups excluding carboxylic acids is 2. The second kappa shape index (κ2) is 7.40. The first-order chi connectivity index (χ1) is 13.5. The molecule has 4 rings (SSSR count). The van der Waals surface area contributed by atoms with Crippen molar-refractivity contribution in [2.75, 3.05) is 12.1 Å². The number of nitrogens with one attached hydrogen (secondary N) is 1. The van der Waals surface area contributed by atoms with Crippen LogP contribution < -0.4 is 14.8 Å². The van der Waals surface area contributed by atoms with Crippen LogP contribution in [0, 0.1) is 5.82 Å². The van der Waals surface area contributed by atoms with Gasteiger partial charge in [0.1, 0.15) is 10.8 Å². The Bertz CT molecular complexity index is 1080. The van der Waals surface area contributed by atoms with Gasteiger partial charge in [-0.05, 0) is 25.1 Å². The van der Waals surface area contributed by atoms with Crippen molar-refractivity contribution < 1.29 is 23.5 Å². The van der Waals surface area contributed by atoms with Crippen molar-refractivity contribution in [3.63, 3.8) is 0 Å². The number of anilines is 1. The highest BCUT2D eigenvalue weighted by atomic mass is 32.1. The number of halogens is 1. The molecule has 0 saturated heterocycles. The van der Waals surface area contributed by atoms with Gasteiger partial charge in [-0.25, -0.2) is 9.37 Å². The summed E-state index contributed by atoms with van der Waals surface area (Å²) in [7, 11) is 0. The van der Waals surface area contributed by atoms with Crippen molar-refractivity contribution in [3.05, 3.63) is 58.9 Å². The number of aromatic nitrogens is 1. The molecule has 2 aromatic carbocycles. The van der Waals surface area contributed by atoms with E-state index in [4.69, 9.17) is 9.47 Å². The molecule has 1 amide bonds. The van der Waals surface area contributed by atoms with Crippen molar-refractivity contribution in [2.45, 2.75) is 13.3 Å². The molecule has 0 unspecified atom stereocenters. The van der Waals surface area contributed by atoms with Gasteiger partial charge in [-0.2, -0.15) is 0 Å². The van der Waals surface area contributed by atoms with Gasteiger partial charge in [0.2, 0.25) is 12.7 Å². The molecule has 0 aliphatic carbocycles. The average molecular weight is 398 g/mol. The number of fused-ring (bicyclic) bond motifs is 1. The van der Waals surface area contributed by atoms with Crippen molar-refractivity contribution >= 4 is 28.7 Å². The number of hydrogen-bond donors (Lipinski definition) is 1. The number of benzene rings is 2. The fraction of sp³-hybridized carbons (Fsp3) is 0.150. The van der Waals surface area contributed by atoms with Crippen molar-refractivity contribution in [1.82, 2.24) is 4.98 Å². The van der Waals surface area contributed by atoms with Gasteiger partial charge in [-0.1, -0.05) is 12.1 Å². The number of carbonyl (C=O) groups is 2. The Hall–Kier alpha value is -3.26. The molecule has 1 N–H and O–H groups in total. The highest BCUT2D eigenvalue weighted by Gasteiger charge is 2.20. The quantitative estimate of drug-likeness (QED) is 0.656. The Morgan fingerprint density at radius 2 is 2.00 bits per heavy atom. The minimum atomic E-state index is -0.341. The Morgan fingerprint density at radius 1 is 1.21 bits per heavy atom. The van der Waals surface area contributed by atoms with E-state index in [1.54, 1.807) is 29.6 Å². The van der Waals surface area contributed by atoms with Crippen LogP contribution in [0.15, 0.2) is 41.8 Å². The molecule has 0 saturated carbocycles. The lowest BCUT2D eigenvalue weighted by Crippen LogP contribution is -2.16. The number of ether oxygens (including phenoxy) is 2. The van der Waals surface area contributed by atoms with Crippen molar-refractivity contribution in [3.8, 4) is 22.1 Å². The number of amides is 1. The summed E-state index contributed by atoms with van der Waals surface area (Å²) in [6.07, 6.45) is 0.0254. The summed E-state index contributed by atoms with van der Waals surface area (Å²) in [6, 6.07) is 9.28. The van der Waals surface area contributed by atoms with Gasteiger partial charge in [0.25, 0.3) is 0 Å². The molecule has 1 aliphatic heterocycles. The van der Waals surface area contributed by atoms with Crippen molar-refractivity contribution in [1.29, 1.82) is 0 Å². The molecule has 0 atom stereocenters. The lowest BCUT2D eigenvalue weighted by molar-refractivity contribution is -0.115. The fourth-order valence-electron chi connectivity index (χ4n) is 2.84. The maximum atomic E-state index is 13.4. The lowest BCUT2D eigenvalue weighted by atomic mass is 10.1. The van der Waals surface area contributed by atoms with Crippen LogP contribution in [0.2, 0.25) is 0 Å². The van der Waals surface area contributed by atoms with Crippen molar-refractivity contribution in [2.24, 2.45) is 0 Å². The molecule has 0 bridgehead atoms. The number of ketones is 1. The molecule has 1 aromatic heterocycles. The minimum Gasteiger partial charge on any atom is -0.454 e. The third-order valence-corrected chi connectivity index (χ3v) is 5.07. The molecule has 3 aromatic rings. The molecule has 0 radical (unpaired) electrons. The molecule has 0 fully saturated rings. The topological polar surface area (TPSA) is 77.5 Å². The normalized spacial score (nSPS) is 12.1. The maximum absolute atomic E-state index is 13.4. The zero-order valence-corrected chi connectivity index (χ0v) is 15.6. The van der Waals surface area contributed by atoms with Crippen LogP contribution in [0.3, 0.4) is 0 Å². The molecular weight excluding hydrogens is 383 g/mol. The van der Waals surface area contributed by atoms with E-state index in [0.717, 1.165) is 0 Å². The van der Waals surface area contributed by atoms with Gasteiger partial charge >= 0.3 is 0 Å². The van der Waals surface area contributed by atoms with E-state index in [9.17, 15) is 14.0 Å². The SMILES string of the molecule is CC(=O)c1cc2c(cc1NC(=O)Cc1csc(-c3cccc(F)c3)n1)OCO2. The standard InChI is InChI=1S/C20H15FN2O4S/c1-11(24)15-7-17-18(27-10-26-17)8-16(15)23-19(25)6-14-9-28-20(22-14)12-3-2-4-13(21)5-12/h2-5,7-9H,6,10H2,1H3,(H,23,25). The Morgan fingerprint density at radius 3 is 2.75 bits per heavy atom. The number of thiazole rings is 1. The van der Waals surface area contributed by atoms with E-state index in [0.29, 0.717) is 39.0 Å². The lowest BCUT2D eigenvalue weighted by Gasteiger charge is -2.10. The smallest absolute Gasteiger partial charge is 0.231 e. The highest BCUT2D eigenvalue weighted by Crippen LogP contribution is 2.37. The number of rotatable bonds is 5. The van der Waals surface area contributed by atoms with E-state index in [1.165, 1.54) is 30.4 Å². The molecule has 0 spiro atoms. The Kier molecular flexibility index (Phi) is 4.79. The summed E-state index contributed by atoms with van der Waals surface area (Å²) in [5.74, 6) is 0.0875. The summed E-state index contributed by atoms with van der Waals surface area (Å²) in [4.78, 5) is 28.8. The van der Waals surface area contributed by atoms with E-state index < -0.39 is 0 Å². The molecule has 8 heteroatoms. The molecule has 6 nitrogen and oxygen atoms in total. The van der Waals surface area contributed by atoms with Gasteiger partial charge in [0.05, 0.1) is 17.8 Å². The Labute approximate surface area is 163 Å². The predicted molar refractivity (Wildman–Crippen MR) is 102 cm³/mol. The summed E-state index contributed by atoms with van der Waals surface area (Å²) in [5, 5.41) is 5.13. The van der Waals surface area contributed by atoms with Crippen LogP contribution in [0.1, 0.15) is 23.0 Å². The maximum Gasteiger partial charge on any atom is 0.231 e. The summed E-state index contributed by atoms with van der Waals surface area (Å²) in [6.45, 7) is 1.49. The van der Waals surface area contributed by atoms with Crippen LogP contribution >= 0.6 is 11.3 Å². The largest absolute Gasteiger partial charge is 0.454 e. The summed E-state index contributed by atoms with van der Waals surface area (Å²) >= 11 is 1.34. The van der Waals surface area contributed by atoms with E-state index in [1.807, 2.05) is 0 Å². The van der Waals surface area contributed by atoms with Gasteiger partial charge < -0.3 is 14.8 Å². The van der Waals surface area contributed by atoms with Gasteiger partial charge in [0, 0.05) is 22.6 Å². The summed E-state index contributed by atoms with van der Waals surface area (Å²) in [5.41, 5.74) is 1.93. The van der Waals surface area contributed by atoms with E-state index in [-0.39, 0.29) is 30.7 Å². The van der Waals surface area contributed by atoms with Crippen LogP contribution in [-0.4, -0.2) is 23.5 Å². The predicted octanol–water partition coefficient (Wildman–Crippen LogP) is 4.06. The van der Waals surface area contributed by atoms with Crippen LogP contribution in [0.4, 0.5) is 10.1 Å². The molecule has 142 valence electrons. The first kappa shape index (κ1) is 18.1. The zero-order chi connectivity index (χ0) is 19.7. The summed E-state index contributed by atoms with van der Waals surface area (Å²) < 4.78 is 24.0. The highest BCUT2D eigenvalue weighted by molar-refractivity contribution is 7.13. The van der Waals surface area contributed by atoms with E-state index in [2.05, 4.69) is 10.3 Å². The van der Waals surface area contributed by atoms with E-state index >= 15 is 0 Å². The third kappa shape index (κ3) is 3.72. The van der Waals surface area contributed by atoms with Gasteiger partial charge in [0.15, 0.2) is 17.3 Å². The number of Topliss-reactive ketones (excluding diaryl/α,β-unsaturated/α-hetero) is 1. The third-order valence-electron chi connectivity index (χ3n) is 4.13. The fourth-order valence-corrected chi connectivity index (χ4v) is 3.65. The van der Waals surface area contributed by atoms with Gasteiger partial charge in [-0.3, -0.25) is 9.59 Å².